The number of rotatable bonds is 2. The molecule has 0 aliphatic carbocycles. The van der Waals surface area contributed by atoms with Crippen LogP contribution in [0.4, 0.5) is 11.5 Å². The third-order valence-corrected chi connectivity index (χ3v) is 2.89. The van der Waals surface area contributed by atoms with Crippen LogP contribution >= 0.6 is 11.6 Å². The van der Waals surface area contributed by atoms with Crippen LogP contribution in [0.1, 0.15) is 18.2 Å². The molecule has 90 valence electrons. The Morgan fingerprint density at radius 3 is 3.00 bits per heavy atom. The van der Waals surface area contributed by atoms with Gasteiger partial charge in [-0.1, -0.05) is 11.6 Å². The number of aliphatic imine (C=N–C) groups is 1. The van der Waals surface area contributed by atoms with Crippen molar-refractivity contribution in [1.82, 2.24) is 15.0 Å². The van der Waals surface area contributed by atoms with Gasteiger partial charge >= 0.3 is 0 Å². The Bertz CT molecular complexity index is 638. The number of nitrogens with one attached hydrogen (secondary N) is 1. The molecule has 1 N–H and O–H groups in total. The number of hydrogen-bond donors (Lipinski definition) is 1. The molecule has 1 aliphatic rings. The van der Waals surface area contributed by atoms with Gasteiger partial charge in [-0.05, 0) is 13.0 Å². The Hall–Kier alpha value is -2.01. The molecule has 2 aromatic heterocycles. The molecule has 2 aromatic rings. The monoisotopic (exact) mass is 259 g/mol. The van der Waals surface area contributed by atoms with Gasteiger partial charge < -0.3 is 5.32 Å². The molecule has 0 bridgehead atoms. The first-order valence-corrected chi connectivity index (χ1v) is 5.85. The van der Waals surface area contributed by atoms with Gasteiger partial charge in [-0.2, -0.15) is 0 Å². The van der Waals surface area contributed by atoms with Gasteiger partial charge in [-0.15, -0.1) is 0 Å². The summed E-state index contributed by atoms with van der Waals surface area (Å²) >= 11 is 5.78. The van der Waals surface area contributed by atoms with E-state index in [0.29, 0.717) is 17.5 Å². The molecule has 0 fully saturated rings. The summed E-state index contributed by atoms with van der Waals surface area (Å²) in [4.78, 5) is 16.8. The Morgan fingerprint density at radius 1 is 1.28 bits per heavy atom. The molecule has 0 radical (unpaired) electrons. The molecular formula is C12H10ClN5. The lowest BCUT2D eigenvalue weighted by Crippen LogP contribution is -2.00. The van der Waals surface area contributed by atoms with Crippen molar-refractivity contribution in [2.45, 2.75) is 13.5 Å². The van der Waals surface area contributed by atoms with Gasteiger partial charge in [0.1, 0.15) is 5.15 Å². The van der Waals surface area contributed by atoms with Gasteiger partial charge in [0.15, 0.2) is 5.82 Å². The number of nitrogens with zero attached hydrogens (tertiary/aromatic N) is 4. The van der Waals surface area contributed by atoms with Crippen LogP contribution in [0.2, 0.25) is 5.15 Å². The van der Waals surface area contributed by atoms with Crippen molar-refractivity contribution in [3.05, 3.63) is 41.1 Å². The lowest BCUT2D eigenvalue weighted by Gasteiger charge is -2.07. The van der Waals surface area contributed by atoms with E-state index in [9.17, 15) is 0 Å². The maximum Gasteiger partial charge on any atom is 0.150 e. The quantitative estimate of drug-likeness (QED) is 0.900. The molecule has 0 spiro atoms. The van der Waals surface area contributed by atoms with Crippen molar-refractivity contribution in [3.63, 3.8) is 0 Å². The standard InChI is InChI=1S/C12H10ClN5/c1-7-9-2-8(3-16-10(9)4-15-7)17-12-6-14-5-11(13)18-12/h2-3,5-6H,4H2,1H3,(H,17,18). The first kappa shape index (κ1) is 11.1. The maximum atomic E-state index is 5.78. The second kappa shape index (κ2) is 4.34. The van der Waals surface area contributed by atoms with E-state index in [1.54, 1.807) is 12.4 Å². The first-order chi connectivity index (χ1) is 8.72. The second-order valence-electron chi connectivity index (χ2n) is 3.97. The maximum absolute atomic E-state index is 5.78. The van der Waals surface area contributed by atoms with Crippen molar-refractivity contribution in [2.75, 3.05) is 5.32 Å². The predicted molar refractivity (Wildman–Crippen MR) is 70.5 cm³/mol. The van der Waals surface area contributed by atoms with Crippen molar-refractivity contribution in [3.8, 4) is 0 Å². The van der Waals surface area contributed by atoms with Gasteiger partial charge in [-0.25, -0.2) is 4.98 Å². The fourth-order valence-corrected chi connectivity index (χ4v) is 1.98. The lowest BCUT2D eigenvalue weighted by atomic mass is 10.1. The van der Waals surface area contributed by atoms with Crippen molar-refractivity contribution in [2.24, 2.45) is 4.99 Å². The van der Waals surface area contributed by atoms with Crippen LogP contribution in [0.3, 0.4) is 0 Å². The Balaban J connectivity index is 1.90. The van der Waals surface area contributed by atoms with E-state index in [0.717, 1.165) is 22.7 Å². The average molecular weight is 260 g/mol. The van der Waals surface area contributed by atoms with Crippen LogP contribution in [0.25, 0.3) is 0 Å². The van der Waals surface area contributed by atoms with E-state index in [2.05, 4.69) is 25.3 Å². The van der Waals surface area contributed by atoms with Crippen LogP contribution in [0.5, 0.6) is 0 Å². The van der Waals surface area contributed by atoms with Crippen LogP contribution in [-0.4, -0.2) is 20.7 Å². The van der Waals surface area contributed by atoms with E-state index in [1.807, 2.05) is 13.0 Å². The first-order valence-electron chi connectivity index (χ1n) is 5.47. The minimum absolute atomic E-state index is 0.354. The fourth-order valence-electron chi connectivity index (χ4n) is 1.83. The normalized spacial score (nSPS) is 13.1. The summed E-state index contributed by atoms with van der Waals surface area (Å²) in [6.07, 6.45) is 4.86. The van der Waals surface area contributed by atoms with Crippen LogP contribution < -0.4 is 5.32 Å². The summed E-state index contributed by atoms with van der Waals surface area (Å²) in [6, 6.07) is 2.01. The van der Waals surface area contributed by atoms with Crippen LogP contribution in [-0.2, 0) is 6.54 Å². The largest absolute Gasteiger partial charge is 0.338 e. The molecular weight excluding hydrogens is 250 g/mol. The number of pyridine rings is 1. The third-order valence-electron chi connectivity index (χ3n) is 2.70. The highest BCUT2D eigenvalue weighted by molar-refractivity contribution is 6.29. The Kier molecular flexibility index (Phi) is 2.68. The van der Waals surface area contributed by atoms with Gasteiger partial charge in [0.05, 0.1) is 36.5 Å². The molecule has 18 heavy (non-hydrogen) atoms. The summed E-state index contributed by atoms with van der Waals surface area (Å²) in [7, 11) is 0. The SMILES string of the molecule is CC1=NCc2ncc(Nc3cncc(Cl)n3)cc21. The highest BCUT2D eigenvalue weighted by atomic mass is 35.5. The van der Waals surface area contributed by atoms with E-state index in [4.69, 9.17) is 11.6 Å². The van der Waals surface area contributed by atoms with Gasteiger partial charge in [0.25, 0.3) is 0 Å². The van der Waals surface area contributed by atoms with Gasteiger partial charge in [0.2, 0.25) is 0 Å². The van der Waals surface area contributed by atoms with Crippen LogP contribution in [0.15, 0.2) is 29.6 Å². The van der Waals surface area contributed by atoms with Crippen molar-refractivity contribution >= 4 is 28.8 Å². The number of anilines is 2. The summed E-state index contributed by atoms with van der Waals surface area (Å²) < 4.78 is 0. The number of hydrogen-bond acceptors (Lipinski definition) is 5. The van der Waals surface area contributed by atoms with E-state index in [-0.39, 0.29) is 0 Å². The van der Waals surface area contributed by atoms with Crippen molar-refractivity contribution in [1.29, 1.82) is 0 Å². The van der Waals surface area contributed by atoms with Crippen molar-refractivity contribution < 1.29 is 0 Å². The molecule has 5 nitrogen and oxygen atoms in total. The molecule has 3 heterocycles. The molecule has 0 saturated carbocycles. The Labute approximate surface area is 109 Å². The molecule has 0 amide bonds. The van der Waals surface area contributed by atoms with Crippen LogP contribution in [0, 0.1) is 0 Å². The second-order valence-corrected chi connectivity index (χ2v) is 4.36. The minimum Gasteiger partial charge on any atom is -0.338 e. The zero-order valence-corrected chi connectivity index (χ0v) is 10.4. The topological polar surface area (TPSA) is 63.1 Å². The molecule has 3 rings (SSSR count). The summed E-state index contributed by atoms with van der Waals surface area (Å²) in [5.41, 5.74) is 3.95. The molecule has 0 aromatic carbocycles. The highest BCUT2D eigenvalue weighted by Crippen LogP contribution is 2.22. The number of fused-ring (bicyclic) bond motifs is 1. The molecule has 0 unspecified atom stereocenters. The average Bonchev–Trinajstić information content (AvgIpc) is 2.71. The zero-order chi connectivity index (χ0) is 12.5. The van der Waals surface area contributed by atoms with E-state index < -0.39 is 0 Å². The van der Waals surface area contributed by atoms with E-state index in [1.165, 1.54) is 6.20 Å². The number of halogens is 1. The summed E-state index contributed by atoms with van der Waals surface area (Å²) in [6.45, 7) is 2.65. The molecule has 1 aliphatic heterocycles. The Morgan fingerprint density at radius 2 is 2.17 bits per heavy atom. The highest BCUT2D eigenvalue weighted by Gasteiger charge is 2.14. The van der Waals surface area contributed by atoms with Gasteiger partial charge in [-0.3, -0.25) is 15.0 Å². The van der Waals surface area contributed by atoms with E-state index >= 15 is 0 Å². The number of aromatic nitrogens is 3. The third kappa shape index (κ3) is 2.04. The molecule has 0 atom stereocenters. The molecule has 0 saturated heterocycles. The summed E-state index contributed by atoms with van der Waals surface area (Å²) in [5, 5.41) is 3.47. The lowest BCUT2D eigenvalue weighted by molar-refractivity contribution is 1.02. The van der Waals surface area contributed by atoms with Gasteiger partial charge in [0, 0.05) is 11.3 Å². The smallest absolute Gasteiger partial charge is 0.150 e. The molecule has 6 heteroatoms. The summed E-state index contributed by atoms with van der Waals surface area (Å²) in [5.74, 6) is 0.594. The predicted octanol–water partition coefficient (Wildman–Crippen LogP) is 2.59. The minimum atomic E-state index is 0.354. The fraction of sp³-hybridized carbons (Fsp3) is 0.167. The zero-order valence-electron chi connectivity index (χ0n) is 9.68.